The predicted octanol–water partition coefficient (Wildman–Crippen LogP) is 3.84. The van der Waals surface area contributed by atoms with Gasteiger partial charge < -0.3 is 14.8 Å². The van der Waals surface area contributed by atoms with Gasteiger partial charge in [0.15, 0.2) is 0 Å². The van der Waals surface area contributed by atoms with E-state index >= 15 is 0 Å². The van der Waals surface area contributed by atoms with E-state index in [4.69, 9.17) is 9.47 Å². The van der Waals surface area contributed by atoms with Gasteiger partial charge in [0.2, 0.25) is 0 Å². The van der Waals surface area contributed by atoms with Crippen LogP contribution in [0.2, 0.25) is 0 Å². The van der Waals surface area contributed by atoms with Gasteiger partial charge in [0, 0.05) is 0 Å². The molecule has 2 fully saturated rings. The van der Waals surface area contributed by atoms with Crippen LogP contribution in [-0.4, -0.2) is 24.9 Å². The van der Waals surface area contributed by atoms with Gasteiger partial charge in [-0.1, -0.05) is 19.1 Å². The molecule has 1 heterocycles. The van der Waals surface area contributed by atoms with Gasteiger partial charge in [-0.2, -0.15) is 0 Å². The second kappa shape index (κ2) is 6.80. The van der Waals surface area contributed by atoms with Crippen molar-refractivity contribution < 1.29 is 9.47 Å². The molecule has 1 N–H and O–H groups in total. The number of ether oxygens (including phenoxy) is 2. The minimum atomic E-state index is 0.276. The SMILES string of the molecule is CCCNC(c1cccc(OC2CC2)c1)C1CCC(C)O1. The number of hydrogen-bond donors (Lipinski definition) is 1. The molecule has 1 aliphatic carbocycles. The minimum Gasteiger partial charge on any atom is -0.490 e. The standard InChI is InChI=1S/C18H27NO2/c1-3-11-19-18(17-10-7-13(2)20-17)14-5-4-6-16(12-14)21-15-8-9-15/h4-6,12-13,15,17-19H,3,7-11H2,1-2H3. The summed E-state index contributed by atoms with van der Waals surface area (Å²) in [5, 5.41) is 3.66. The zero-order valence-electron chi connectivity index (χ0n) is 13.2. The Kier molecular flexibility index (Phi) is 4.81. The van der Waals surface area contributed by atoms with Gasteiger partial charge in [-0.25, -0.2) is 0 Å². The number of nitrogens with one attached hydrogen (secondary N) is 1. The van der Waals surface area contributed by atoms with Crippen LogP contribution in [-0.2, 0) is 4.74 Å². The third-order valence-corrected chi connectivity index (χ3v) is 4.30. The summed E-state index contributed by atoms with van der Waals surface area (Å²) in [5.41, 5.74) is 1.29. The molecule has 3 heteroatoms. The lowest BCUT2D eigenvalue weighted by Gasteiger charge is -2.25. The predicted molar refractivity (Wildman–Crippen MR) is 84.7 cm³/mol. The van der Waals surface area contributed by atoms with Crippen molar-refractivity contribution in [1.82, 2.24) is 5.32 Å². The lowest BCUT2D eigenvalue weighted by atomic mass is 9.98. The largest absolute Gasteiger partial charge is 0.490 e. The van der Waals surface area contributed by atoms with Crippen LogP contribution in [0, 0.1) is 0 Å². The van der Waals surface area contributed by atoms with E-state index in [1.165, 1.54) is 18.4 Å². The molecular weight excluding hydrogens is 262 g/mol. The number of rotatable bonds is 7. The summed E-state index contributed by atoms with van der Waals surface area (Å²) in [4.78, 5) is 0. The van der Waals surface area contributed by atoms with Crippen LogP contribution >= 0.6 is 0 Å². The molecule has 1 saturated carbocycles. The van der Waals surface area contributed by atoms with Crippen LogP contribution in [0.4, 0.5) is 0 Å². The van der Waals surface area contributed by atoms with Crippen molar-refractivity contribution in [2.75, 3.05) is 6.54 Å². The first-order valence-electron chi connectivity index (χ1n) is 8.41. The summed E-state index contributed by atoms with van der Waals surface area (Å²) in [6.45, 7) is 5.39. The Morgan fingerprint density at radius 2 is 2.14 bits per heavy atom. The van der Waals surface area contributed by atoms with Gasteiger partial charge in [0.1, 0.15) is 5.75 Å². The van der Waals surface area contributed by atoms with E-state index in [2.05, 4.69) is 43.4 Å². The Labute approximate surface area is 128 Å². The molecule has 0 bridgehead atoms. The van der Waals surface area contributed by atoms with Gasteiger partial charge in [-0.3, -0.25) is 0 Å². The fourth-order valence-electron chi connectivity index (χ4n) is 3.00. The summed E-state index contributed by atoms with van der Waals surface area (Å²) in [6.07, 6.45) is 6.94. The van der Waals surface area contributed by atoms with E-state index in [1.807, 2.05) is 0 Å². The third-order valence-electron chi connectivity index (χ3n) is 4.30. The van der Waals surface area contributed by atoms with Crippen LogP contribution < -0.4 is 10.1 Å². The molecule has 1 aromatic rings. The number of benzene rings is 1. The molecule has 3 unspecified atom stereocenters. The van der Waals surface area contributed by atoms with Crippen molar-refractivity contribution in [3.05, 3.63) is 29.8 Å². The Morgan fingerprint density at radius 3 is 2.81 bits per heavy atom. The summed E-state index contributed by atoms with van der Waals surface area (Å²) >= 11 is 0. The summed E-state index contributed by atoms with van der Waals surface area (Å²) in [5.74, 6) is 1.00. The minimum absolute atomic E-state index is 0.276. The highest BCUT2D eigenvalue weighted by atomic mass is 16.5. The summed E-state index contributed by atoms with van der Waals surface area (Å²) < 4.78 is 12.0. The van der Waals surface area contributed by atoms with Gasteiger partial charge in [0.05, 0.1) is 24.4 Å². The van der Waals surface area contributed by atoms with E-state index < -0.39 is 0 Å². The van der Waals surface area contributed by atoms with E-state index in [1.54, 1.807) is 0 Å². The Balaban J connectivity index is 1.74. The molecule has 3 nitrogen and oxygen atoms in total. The second-order valence-corrected chi connectivity index (χ2v) is 6.38. The lowest BCUT2D eigenvalue weighted by Crippen LogP contribution is -2.32. The van der Waals surface area contributed by atoms with Crippen LogP contribution in [0.3, 0.4) is 0 Å². The van der Waals surface area contributed by atoms with Gasteiger partial charge in [-0.05, 0) is 63.3 Å². The van der Waals surface area contributed by atoms with E-state index in [0.717, 1.165) is 31.6 Å². The van der Waals surface area contributed by atoms with Crippen molar-refractivity contribution in [1.29, 1.82) is 0 Å². The monoisotopic (exact) mass is 289 g/mol. The Hall–Kier alpha value is -1.06. The maximum Gasteiger partial charge on any atom is 0.120 e. The fraction of sp³-hybridized carbons (Fsp3) is 0.667. The molecule has 1 aromatic carbocycles. The highest BCUT2D eigenvalue weighted by Gasteiger charge is 2.31. The summed E-state index contributed by atoms with van der Waals surface area (Å²) in [6, 6.07) is 8.83. The molecule has 3 atom stereocenters. The van der Waals surface area contributed by atoms with Crippen LogP contribution in [0.25, 0.3) is 0 Å². The second-order valence-electron chi connectivity index (χ2n) is 6.38. The maximum absolute atomic E-state index is 6.10. The lowest BCUT2D eigenvalue weighted by molar-refractivity contribution is 0.0316. The fourth-order valence-corrected chi connectivity index (χ4v) is 3.00. The first-order valence-corrected chi connectivity index (χ1v) is 8.41. The zero-order valence-corrected chi connectivity index (χ0v) is 13.2. The third kappa shape index (κ3) is 3.98. The average molecular weight is 289 g/mol. The van der Waals surface area contributed by atoms with Crippen molar-refractivity contribution >= 4 is 0 Å². The van der Waals surface area contributed by atoms with E-state index in [-0.39, 0.29) is 12.1 Å². The Morgan fingerprint density at radius 1 is 1.29 bits per heavy atom. The van der Waals surface area contributed by atoms with Crippen LogP contribution in [0.5, 0.6) is 5.75 Å². The van der Waals surface area contributed by atoms with E-state index in [9.17, 15) is 0 Å². The normalized spacial score (nSPS) is 26.8. The zero-order chi connectivity index (χ0) is 14.7. The molecule has 0 radical (unpaired) electrons. The highest BCUT2D eigenvalue weighted by molar-refractivity contribution is 5.32. The van der Waals surface area contributed by atoms with Crippen LogP contribution in [0.1, 0.15) is 57.6 Å². The molecule has 0 amide bonds. The maximum atomic E-state index is 6.10. The molecule has 0 aromatic heterocycles. The van der Waals surface area contributed by atoms with Gasteiger partial charge >= 0.3 is 0 Å². The first-order chi connectivity index (χ1) is 10.3. The molecular formula is C18H27NO2. The molecule has 1 saturated heterocycles. The quantitative estimate of drug-likeness (QED) is 0.827. The van der Waals surface area contributed by atoms with Crippen molar-refractivity contribution in [2.24, 2.45) is 0 Å². The molecule has 2 aliphatic rings. The number of hydrogen-bond acceptors (Lipinski definition) is 3. The van der Waals surface area contributed by atoms with Crippen molar-refractivity contribution in [2.45, 2.75) is 70.3 Å². The topological polar surface area (TPSA) is 30.5 Å². The highest BCUT2D eigenvalue weighted by Crippen LogP contribution is 2.33. The Bertz CT molecular complexity index is 458. The van der Waals surface area contributed by atoms with Gasteiger partial charge in [0.25, 0.3) is 0 Å². The molecule has 116 valence electrons. The van der Waals surface area contributed by atoms with E-state index in [0.29, 0.717) is 12.2 Å². The molecule has 0 spiro atoms. The molecule has 1 aliphatic heterocycles. The first kappa shape index (κ1) is 14.9. The van der Waals surface area contributed by atoms with Gasteiger partial charge in [-0.15, -0.1) is 0 Å². The molecule has 21 heavy (non-hydrogen) atoms. The smallest absolute Gasteiger partial charge is 0.120 e. The average Bonchev–Trinajstić information content (AvgIpc) is 3.19. The van der Waals surface area contributed by atoms with Crippen LogP contribution in [0.15, 0.2) is 24.3 Å². The van der Waals surface area contributed by atoms with Crippen molar-refractivity contribution in [3.63, 3.8) is 0 Å². The molecule has 3 rings (SSSR count). The summed E-state index contributed by atoms with van der Waals surface area (Å²) in [7, 11) is 0. The van der Waals surface area contributed by atoms with Crippen molar-refractivity contribution in [3.8, 4) is 5.75 Å².